The highest BCUT2D eigenvalue weighted by molar-refractivity contribution is 6.99. The molecule has 1 atom stereocenters. The van der Waals surface area contributed by atoms with Gasteiger partial charge in [-0.25, -0.2) is 4.39 Å². The van der Waals surface area contributed by atoms with Crippen molar-refractivity contribution in [1.82, 2.24) is 13.6 Å². The molecule has 2 heterocycles. The summed E-state index contributed by atoms with van der Waals surface area (Å²) in [4.78, 5) is 2.21. The first-order valence-electron chi connectivity index (χ1n) is 7.22. The first-order chi connectivity index (χ1) is 9.70. The molecule has 1 unspecified atom stereocenters. The molecule has 0 saturated heterocycles. The van der Waals surface area contributed by atoms with Gasteiger partial charge in [0.15, 0.2) is 0 Å². The first kappa shape index (κ1) is 15.4. The standard InChI is InChI=1S/C14H22FN3OS/c1-3-4-5-8-12(15)19-14-13(16-20-17-14)11-7-6-9-18(2)10-11/h7,12H,3-6,8-10H2,1-2H3. The van der Waals surface area contributed by atoms with Crippen LogP contribution in [0.2, 0.25) is 0 Å². The molecule has 0 aliphatic carbocycles. The van der Waals surface area contributed by atoms with E-state index < -0.39 is 6.36 Å². The van der Waals surface area contributed by atoms with E-state index in [0.29, 0.717) is 18.0 Å². The fourth-order valence-electron chi connectivity index (χ4n) is 2.25. The average Bonchev–Trinajstić information content (AvgIpc) is 2.87. The zero-order valence-electron chi connectivity index (χ0n) is 12.1. The third-order valence-electron chi connectivity index (χ3n) is 3.38. The van der Waals surface area contributed by atoms with Crippen LogP contribution in [0.5, 0.6) is 5.88 Å². The molecule has 0 radical (unpaired) electrons. The summed E-state index contributed by atoms with van der Waals surface area (Å²) in [5, 5.41) is 0. The van der Waals surface area contributed by atoms with E-state index >= 15 is 0 Å². The molecular formula is C14H22FN3OS. The summed E-state index contributed by atoms with van der Waals surface area (Å²) in [7, 11) is 2.07. The number of aromatic nitrogens is 2. The third-order valence-corrected chi connectivity index (χ3v) is 3.89. The maximum Gasteiger partial charge on any atom is 0.256 e. The number of nitrogens with zero attached hydrogens (tertiary/aromatic N) is 3. The van der Waals surface area contributed by atoms with Gasteiger partial charge in [-0.15, -0.1) is 4.37 Å². The van der Waals surface area contributed by atoms with Crippen LogP contribution in [0, 0.1) is 0 Å². The monoisotopic (exact) mass is 299 g/mol. The second-order valence-electron chi connectivity index (χ2n) is 5.20. The smallest absolute Gasteiger partial charge is 0.256 e. The molecule has 4 nitrogen and oxygen atoms in total. The number of hydrogen-bond acceptors (Lipinski definition) is 5. The van der Waals surface area contributed by atoms with Crippen molar-refractivity contribution >= 4 is 17.3 Å². The lowest BCUT2D eigenvalue weighted by Crippen LogP contribution is -2.25. The zero-order valence-corrected chi connectivity index (χ0v) is 13.0. The van der Waals surface area contributed by atoms with Gasteiger partial charge < -0.3 is 9.64 Å². The third kappa shape index (κ3) is 4.24. The number of unbranched alkanes of at least 4 members (excludes halogenated alkanes) is 2. The van der Waals surface area contributed by atoms with Crippen molar-refractivity contribution in [3.63, 3.8) is 0 Å². The molecule has 0 amide bonds. The highest BCUT2D eigenvalue weighted by atomic mass is 32.1. The lowest BCUT2D eigenvalue weighted by molar-refractivity contribution is 0.0530. The predicted octanol–water partition coefficient (Wildman–Crippen LogP) is 3.51. The molecule has 112 valence electrons. The quantitative estimate of drug-likeness (QED) is 0.722. The molecule has 0 N–H and O–H groups in total. The van der Waals surface area contributed by atoms with Crippen LogP contribution in [0.4, 0.5) is 4.39 Å². The molecule has 6 heteroatoms. The Bertz CT molecular complexity index is 449. The zero-order chi connectivity index (χ0) is 14.4. The number of likely N-dealkylation sites (N-methyl/N-ethyl adjacent to an activating group) is 1. The van der Waals surface area contributed by atoms with Crippen molar-refractivity contribution in [1.29, 1.82) is 0 Å². The van der Waals surface area contributed by atoms with Crippen LogP contribution in [-0.2, 0) is 0 Å². The number of ether oxygens (including phenoxy) is 1. The van der Waals surface area contributed by atoms with Crippen LogP contribution in [0.25, 0.3) is 5.57 Å². The Morgan fingerprint density at radius 3 is 3.05 bits per heavy atom. The number of rotatable bonds is 7. The fraction of sp³-hybridized carbons (Fsp3) is 0.714. The van der Waals surface area contributed by atoms with Gasteiger partial charge in [-0.1, -0.05) is 25.8 Å². The van der Waals surface area contributed by atoms with Crippen LogP contribution < -0.4 is 4.74 Å². The van der Waals surface area contributed by atoms with Crippen molar-refractivity contribution in [2.75, 3.05) is 20.1 Å². The van der Waals surface area contributed by atoms with Gasteiger partial charge in [-0.05, 0) is 25.5 Å². The Balaban J connectivity index is 1.96. The van der Waals surface area contributed by atoms with E-state index in [-0.39, 0.29) is 0 Å². The number of halogens is 1. The molecule has 1 aromatic rings. The highest BCUT2D eigenvalue weighted by Gasteiger charge is 2.20. The van der Waals surface area contributed by atoms with Crippen LogP contribution in [0.15, 0.2) is 6.08 Å². The summed E-state index contributed by atoms with van der Waals surface area (Å²) in [6.45, 7) is 3.96. The van der Waals surface area contributed by atoms with Gasteiger partial charge >= 0.3 is 0 Å². The van der Waals surface area contributed by atoms with Gasteiger partial charge in [0, 0.05) is 19.5 Å². The Morgan fingerprint density at radius 2 is 2.30 bits per heavy atom. The SMILES string of the molecule is CCCCCC(F)Oc1nsnc1C1=CCCN(C)C1. The molecule has 2 rings (SSSR count). The van der Waals surface area contributed by atoms with Gasteiger partial charge in [0.2, 0.25) is 6.36 Å². The highest BCUT2D eigenvalue weighted by Crippen LogP contribution is 2.28. The maximum atomic E-state index is 13.8. The summed E-state index contributed by atoms with van der Waals surface area (Å²) < 4.78 is 27.5. The van der Waals surface area contributed by atoms with Crippen LogP contribution in [0.3, 0.4) is 0 Å². The van der Waals surface area contributed by atoms with Crippen molar-refractivity contribution in [3.05, 3.63) is 11.8 Å². The lowest BCUT2D eigenvalue weighted by Gasteiger charge is -2.22. The van der Waals surface area contributed by atoms with Crippen LogP contribution in [-0.4, -0.2) is 40.1 Å². The summed E-state index contributed by atoms with van der Waals surface area (Å²) in [5.41, 5.74) is 1.79. The molecular weight excluding hydrogens is 277 g/mol. The van der Waals surface area contributed by atoms with E-state index in [4.69, 9.17) is 4.74 Å². The van der Waals surface area contributed by atoms with Crippen molar-refractivity contribution < 1.29 is 9.13 Å². The molecule has 1 aliphatic rings. The molecule has 0 aromatic carbocycles. The van der Waals surface area contributed by atoms with Gasteiger partial charge in [-0.2, -0.15) is 4.37 Å². The van der Waals surface area contributed by atoms with Gasteiger partial charge in [0.05, 0.1) is 11.7 Å². The van der Waals surface area contributed by atoms with E-state index in [1.165, 1.54) is 0 Å². The van der Waals surface area contributed by atoms with Gasteiger partial charge in [0.1, 0.15) is 5.69 Å². The van der Waals surface area contributed by atoms with E-state index in [1.54, 1.807) is 0 Å². The topological polar surface area (TPSA) is 38.3 Å². The van der Waals surface area contributed by atoms with Crippen molar-refractivity contribution in [2.45, 2.75) is 45.4 Å². The lowest BCUT2D eigenvalue weighted by atomic mass is 10.1. The Hall–Kier alpha value is -1.01. The molecule has 0 fully saturated rings. The minimum Gasteiger partial charge on any atom is -0.441 e. The first-order valence-corrected chi connectivity index (χ1v) is 7.95. The average molecular weight is 299 g/mol. The summed E-state index contributed by atoms with van der Waals surface area (Å²) in [6, 6.07) is 0. The van der Waals surface area contributed by atoms with Crippen LogP contribution >= 0.6 is 11.7 Å². The van der Waals surface area contributed by atoms with Crippen LogP contribution in [0.1, 0.15) is 44.7 Å². The Kier molecular flexibility index (Phi) is 5.91. The fourth-order valence-corrected chi connectivity index (χ4v) is 2.78. The summed E-state index contributed by atoms with van der Waals surface area (Å²) >= 11 is 1.08. The van der Waals surface area contributed by atoms with Crippen molar-refractivity contribution in [2.24, 2.45) is 0 Å². The molecule has 1 aliphatic heterocycles. The molecule has 1 aromatic heterocycles. The van der Waals surface area contributed by atoms with E-state index in [0.717, 1.165) is 56.1 Å². The van der Waals surface area contributed by atoms with Gasteiger partial charge in [0.25, 0.3) is 5.88 Å². The second-order valence-corrected chi connectivity index (χ2v) is 5.73. The normalized spacial score (nSPS) is 17.9. The minimum absolute atomic E-state index is 0.348. The predicted molar refractivity (Wildman–Crippen MR) is 79.7 cm³/mol. The van der Waals surface area contributed by atoms with E-state index in [9.17, 15) is 4.39 Å². The number of hydrogen-bond donors (Lipinski definition) is 0. The molecule has 20 heavy (non-hydrogen) atoms. The molecule has 0 saturated carbocycles. The Labute approximate surface area is 124 Å². The summed E-state index contributed by atoms with van der Waals surface area (Å²) in [6.07, 6.45) is 5.22. The second kappa shape index (κ2) is 7.69. The summed E-state index contributed by atoms with van der Waals surface area (Å²) in [5.74, 6) is 0.348. The Morgan fingerprint density at radius 1 is 1.45 bits per heavy atom. The van der Waals surface area contributed by atoms with E-state index in [2.05, 4.69) is 33.7 Å². The number of alkyl halides is 1. The maximum absolute atomic E-state index is 13.8. The molecule has 0 spiro atoms. The van der Waals surface area contributed by atoms with Gasteiger partial charge in [-0.3, -0.25) is 0 Å². The largest absolute Gasteiger partial charge is 0.441 e. The minimum atomic E-state index is -1.29. The van der Waals surface area contributed by atoms with E-state index in [1.807, 2.05) is 0 Å². The van der Waals surface area contributed by atoms with Crippen molar-refractivity contribution in [3.8, 4) is 5.88 Å². The molecule has 0 bridgehead atoms.